The third-order valence-corrected chi connectivity index (χ3v) is 7.58. The largest absolute Gasteiger partial charge is 0.341 e. The molecular weight excluding hydrogens is 457 g/mol. The van der Waals surface area contributed by atoms with Crippen LogP contribution in [0.1, 0.15) is 35.2 Å². The zero-order valence-electron chi connectivity index (χ0n) is 17.8. The minimum Gasteiger partial charge on any atom is -0.341 e. The van der Waals surface area contributed by atoms with Crippen LogP contribution in [-0.2, 0) is 4.79 Å². The number of nitrogens with one attached hydrogen (secondary N) is 1. The van der Waals surface area contributed by atoms with E-state index in [0.29, 0.717) is 23.3 Å². The van der Waals surface area contributed by atoms with Crippen LogP contribution in [0, 0.1) is 5.82 Å². The highest BCUT2D eigenvalue weighted by molar-refractivity contribution is 7.99. The highest BCUT2D eigenvalue weighted by atomic mass is 32.2. The average molecular weight is 480 g/mol. The summed E-state index contributed by atoms with van der Waals surface area (Å²) in [5.41, 5.74) is 1.90. The van der Waals surface area contributed by atoms with E-state index in [2.05, 4.69) is 21.2 Å². The minimum absolute atomic E-state index is 0.0963. The molecule has 1 amide bonds. The van der Waals surface area contributed by atoms with Gasteiger partial charge in [-0.15, -0.1) is 16.4 Å². The maximum absolute atomic E-state index is 13.0. The molecule has 3 heterocycles. The van der Waals surface area contributed by atoms with Crippen molar-refractivity contribution in [1.29, 1.82) is 0 Å². The summed E-state index contributed by atoms with van der Waals surface area (Å²) in [6.45, 7) is 1.49. The monoisotopic (exact) mass is 479 g/mol. The first-order valence-corrected chi connectivity index (χ1v) is 12.6. The number of benzene rings is 2. The Bertz CT molecular complexity index is 1250. The van der Waals surface area contributed by atoms with Gasteiger partial charge in [0.1, 0.15) is 11.6 Å². The molecule has 0 radical (unpaired) electrons. The summed E-state index contributed by atoms with van der Waals surface area (Å²) in [4.78, 5) is 24.0. The van der Waals surface area contributed by atoms with Crippen molar-refractivity contribution in [3.05, 3.63) is 70.7 Å². The van der Waals surface area contributed by atoms with Crippen molar-refractivity contribution >= 4 is 51.4 Å². The number of para-hydroxylation sites is 1. The van der Waals surface area contributed by atoms with Gasteiger partial charge in [0.2, 0.25) is 11.1 Å². The predicted molar refractivity (Wildman–Crippen MR) is 131 cm³/mol. The number of nitrogens with zero attached hydrogens (tertiary/aromatic N) is 4. The van der Waals surface area contributed by atoms with Crippen LogP contribution in [0.15, 0.2) is 53.7 Å². The van der Waals surface area contributed by atoms with Gasteiger partial charge in [-0.05, 0) is 48.7 Å². The number of H-pyrrole nitrogens is 1. The first-order valence-electron chi connectivity index (χ1n) is 10.8. The van der Waals surface area contributed by atoms with Crippen molar-refractivity contribution in [2.24, 2.45) is 0 Å². The SMILES string of the molecule is O=C(CSc1n[nH]c(/C=C/c2ccc(F)cc2)n1)N1CCCC(c2nc3ccccc3s2)C1. The number of aromatic nitrogens is 4. The fraction of sp³-hybridized carbons (Fsp3) is 0.250. The lowest BCUT2D eigenvalue weighted by Gasteiger charge is -2.31. The molecule has 0 saturated carbocycles. The molecule has 0 bridgehead atoms. The minimum atomic E-state index is -0.268. The summed E-state index contributed by atoms with van der Waals surface area (Å²) in [7, 11) is 0. The number of piperidine rings is 1. The second-order valence-corrected chi connectivity index (χ2v) is 9.88. The highest BCUT2D eigenvalue weighted by Gasteiger charge is 2.27. The van der Waals surface area contributed by atoms with Gasteiger partial charge in [-0.1, -0.05) is 42.1 Å². The van der Waals surface area contributed by atoms with Gasteiger partial charge in [0.05, 0.1) is 21.0 Å². The van der Waals surface area contributed by atoms with Gasteiger partial charge < -0.3 is 4.90 Å². The maximum atomic E-state index is 13.0. The third-order valence-electron chi connectivity index (χ3n) is 5.54. The highest BCUT2D eigenvalue weighted by Crippen LogP contribution is 2.33. The Hall–Kier alpha value is -3.04. The van der Waals surface area contributed by atoms with Crippen molar-refractivity contribution in [3.8, 4) is 0 Å². The van der Waals surface area contributed by atoms with Gasteiger partial charge >= 0.3 is 0 Å². The molecule has 1 aliphatic heterocycles. The summed E-state index contributed by atoms with van der Waals surface area (Å²) < 4.78 is 14.2. The van der Waals surface area contributed by atoms with Crippen molar-refractivity contribution in [3.63, 3.8) is 0 Å². The number of thioether (sulfide) groups is 1. The standard InChI is InChI=1S/C24H22FN5OS2/c25-18-10-7-16(8-11-18)9-12-21-27-24(29-28-21)32-15-22(31)30-13-3-4-17(14-30)23-26-19-5-1-2-6-20(19)33-23/h1-2,5-12,17H,3-4,13-15H2,(H,27,28,29)/b12-9+. The van der Waals surface area contributed by atoms with Gasteiger partial charge in [0.25, 0.3) is 0 Å². The first-order chi connectivity index (χ1) is 16.1. The number of aromatic amines is 1. The number of rotatable bonds is 6. The molecule has 0 spiro atoms. The summed E-state index contributed by atoms with van der Waals surface area (Å²) in [6.07, 6.45) is 5.65. The average Bonchev–Trinajstić information content (AvgIpc) is 3.49. The van der Waals surface area contributed by atoms with Crippen LogP contribution in [0.25, 0.3) is 22.4 Å². The summed E-state index contributed by atoms with van der Waals surface area (Å²) in [5, 5.41) is 8.69. The molecule has 9 heteroatoms. The van der Waals surface area contributed by atoms with E-state index in [4.69, 9.17) is 4.98 Å². The van der Waals surface area contributed by atoms with Crippen LogP contribution in [0.3, 0.4) is 0 Å². The maximum Gasteiger partial charge on any atom is 0.233 e. The van der Waals surface area contributed by atoms with E-state index in [0.717, 1.165) is 35.5 Å². The molecule has 1 atom stereocenters. The fourth-order valence-electron chi connectivity index (χ4n) is 3.83. The van der Waals surface area contributed by atoms with Crippen molar-refractivity contribution < 1.29 is 9.18 Å². The Kier molecular flexibility index (Phi) is 6.50. The lowest BCUT2D eigenvalue weighted by atomic mass is 9.99. The Morgan fingerprint density at radius 2 is 2.03 bits per heavy atom. The number of hydrogen-bond acceptors (Lipinski definition) is 6. The van der Waals surface area contributed by atoms with Gasteiger partial charge in [0, 0.05) is 19.0 Å². The first kappa shape index (κ1) is 21.8. The van der Waals surface area contributed by atoms with Gasteiger partial charge in [-0.2, -0.15) is 0 Å². The summed E-state index contributed by atoms with van der Waals surface area (Å²) in [6, 6.07) is 14.4. The van der Waals surface area contributed by atoms with Gasteiger partial charge in [-0.3, -0.25) is 9.89 Å². The van der Waals surface area contributed by atoms with Crippen LogP contribution in [0.4, 0.5) is 4.39 Å². The second-order valence-electron chi connectivity index (χ2n) is 7.88. The van der Waals surface area contributed by atoms with E-state index in [1.54, 1.807) is 29.5 Å². The zero-order chi connectivity index (χ0) is 22.6. The van der Waals surface area contributed by atoms with Gasteiger partial charge in [0.15, 0.2) is 0 Å². The molecule has 1 fully saturated rings. The number of likely N-dealkylation sites (tertiary alicyclic amines) is 1. The predicted octanol–water partition coefficient (Wildman–Crippen LogP) is 5.22. The number of hydrogen-bond donors (Lipinski definition) is 1. The number of amides is 1. The molecule has 2 aromatic heterocycles. The van der Waals surface area contributed by atoms with Crippen molar-refractivity contribution in [2.45, 2.75) is 23.9 Å². The fourth-order valence-corrected chi connectivity index (χ4v) is 5.64. The van der Waals surface area contributed by atoms with E-state index in [-0.39, 0.29) is 17.6 Å². The van der Waals surface area contributed by atoms with Crippen LogP contribution >= 0.6 is 23.1 Å². The number of fused-ring (bicyclic) bond motifs is 1. The molecule has 168 valence electrons. The Morgan fingerprint density at radius 1 is 1.18 bits per heavy atom. The Labute approximate surface area is 199 Å². The number of carbonyl (C=O) groups excluding carboxylic acids is 1. The van der Waals surface area contributed by atoms with Crippen molar-refractivity contribution in [1.82, 2.24) is 25.1 Å². The molecule has 1 unspecified atom stereocenters. The van der Waals surface area contributed by atoms with E-state index in [1.807, 2.05) is 29.2 Å². The Morgan fingerprint density at radius 3 is 2.88 bits per heavy atom. The number of halogens is 1. The quantitative estimate of drug-likeness (QED) is 0.384. The van der Waals surface area contributed by atoms with E-state index >= 15 is 0 Å². The van der Waals surface area contributed by atoms with Crippen LogP contribution in [0.5, 0.6) is 0 Å². The molecule has 4 aromatic rings. The van der Waals surface area contributed by atoms with Crippen LogP contribution in [-0.4, -0.2) is 49.8 Å². The van der Waals surface area contributed by atoms with E-state index in [1.165, 1.54) is 28.6 Å². The number of carbonyl (C=O) groups is 1. The normalized spacial score (nSPS) is 16.6. The lowest BCUT2D eigenvalue weighted by molar-refractivity contribution is -0.129. The van der Waals surface area contributed by atoms with Gasteiger partial charge in [-0.25, -0.2) is 14.4 Å². The third kappa shape index (κ3) is 5.31. The molecule has 33 heavy (non-hydrogen) atoms. The molecule has 6 nitrogen and oxygen atoms in total. The van der Waals surface area contributed by atoms with Crippen LogP contribution in [0.2, 0.25) is 0 Å². The smallest absolute Gasteiger partial charge is 0.233 e. The topological polar surface area (TPSA) is 74.8 Å². The lowest BCUT2D eigenvalue weighted by Crippen LogP contribution is -2.40. The molecule has 5 rings (SSSR count). The van der Waals surface area contributed by atoms with E-state index < -0.39 is 0 Å². The summed E-state index contributed by atoms with van der Waals surface area (Å²) in [5.74, 6) is 1.00. The summed E-state index contributed by atoms with van der Waals surface area (Å²) >= 11 is 3.06. The molecule has 2 aromatic carbocycles. The molecule has 0 aliphatic carbocycles. The molecular formula is C24H22FN5OS2. The Balaban J connectivity index is 1.16. The zero-order valence-corrected chi connectivity index (χ0v) is 19.4. The molecule has 1 aliphatic rings. The second kappa shape index (κ2) is 9.84. The van der Waals surface area contributed by atoms with Crippen molar-refractivity contribution in [2.75, 3.05) is 18.8 Å². The van der Waals surface area contributed by atoms with Crippen LogP contribution < -0.4 is 0 Å². The number of thiazole rings is 1. The van der Waals surface area contributed by atoms with E-state index in [9.17, 15) is 9.18 Å². The molecule has 1 N–H and O–H groups in total. The molecule has 1 saturated heterocycles.